The average Bonchev–Trinajstić information content (AvgIpc) is 3.34. The smallest absolute Gasteiger partial charge is 0.191 e. The van der Waals surface area contributed by atoms with Crippen LogP contribution in [0.25, 0.3) is 10.6 Å². The maximum Gasteiger partial charge on any atom is 0.191 e. The second kappa shape index (κ2) is 9.39. The number of rotatable bonds is 7. The number of halogens is 2. The van der Waals surface area contributed by atoms with Crippen molar-refractivity contribution in [3.63, 3.8) is 0 Å². The minimum Gasteiger partial charge on any atom is -0.484 e. The van der Waals surface area contributed by atoms with E-state index in [1.54, 1.807) is 23.1 Å². The summed E-state index contributed by atoms with van der Waals surface area (Å²) in [4.78, 5) is 4.70. The Hall–Kier alpha value is -2.06. The Kier molecular flexibility index (Phi) is 6.63. The Morgan fingerprint density at radius 1 is 1.10 bits per heavy atom. The first-order valence-corrected chi connectivity index (χ1v) is 11.7. The van der Waals surface area contributed by atoms with E-state index in [1.165, 1.54) is 0 Å². The molecule has 2 aromatic carbocycles. The van der Waals surface area contributed by atoms with Crippen LogP contribution in [0, 0.1) is 6.92 Å². The molecule has 0 amide bonds. The lowest BCUT2D eigenvalue weighted by atomic mass is 10.2. The Morgan fingerprint density at radius 2 is 1.93 bits per heavy atom. The predicted molar refractivity (Wildman–Crippen MR) is 124 cm³/mol. The van der Waals surface area contributed by atoms with E-state index in [4.69, 9.17) is 32.9 Å². The first-order valence-electron chi connectivity index (χ1n) is 9.10. The van der Waals surface area contributed by atoms with Gasteiger partial charge in [0, 0.05) is 23.7 Å². The van der Waals surface area contributed by atoms with Gasteiger partial charge >= 0.3 is 0 Å². The number of ether oxygens (including phenoxy) is 1. The summed E-state index contributed by atoms with van der Waals surface area (Å²) >= 11 is 15.6. The van der Waals surface area contributed by atoms with Crippen LogP contribution in [-0.4, -0.2) is 19.7 Å². The zero-order valence-corrected chi connectivity index (χ0v) is 19.4. The Labute approximate surface area is 193 Å². The quantitative estimate of drug-likeness (QED) is 0.287. The largest absolute Gasteiger partial charge is 0.484 e. The van der Waals surface area contributed by atoms with Crippen molar-refractivity contribution in [2.24, 2.45) is 7.05 Å². The number of thiazole rings is 1. The molecule has 0 aliphatic carbocycles. The lowest BCUT2D eigenvalue weighted by Crippen LogP contribution is -2.04. The summed E-state index contributed by atoms with van der Waals surface area (Å²) in [6, 6.07) is 13.4. The van der Waals surface area contributed by atoms with E-state index in [0.717, 1.165) is 32.8 Å². The molecular formula is C21H18Cl2N4OS2. The van der Waals surface area contributed by atoms with Crippen molar-refractivity contribution in [2.75, 3.05) is 0 Å². The van der Waals surface area contributed by atoms with E-state index in [9.17, 15) is 0 Å². The molecule has 0 N–H and O–H groups in total. The molecule has 154 valence electrons. The molecule has 0 spiro atoms. The molecule has 4 rings (SSSR count). The van der Waals surface area contributed by atoms with E-state index in [-0.39, 0.29) is 0 Å². The Balaban J connectivity index is 1.39. The number of aromatic nitrogens is 4. The summed E-state index contributed by atoms with van der Waals surface area (Å²) in [5.74, 6) is 2.06. The van der Waals surface area contributed by atoms with E-state index in [0.29, 0.717) is 28.2 Å². The van der Waals surface area contributed by atoms with Gasteiger partial charge in [0.1, 0.15) is 17.4 Å². The van der Waals surface area contributed by atoms with Gasteiger partial charge in [0.05, 0.1) is 15.7 Å². The number of hydrogen-bond donors (Lipinski definition) is 0. The number of aryl methyl sites for hydroxylation is 1. The maximum atomic E-state index is 6.28. The standard InChI is InChI=1S/C21H18Cl2N4OS2/c1-13-7-8-17(23)18(9-13)28-10-19-25-26-21(27(19)2)30-12-14-11-29-20(24-14)15-5-3-4-6-16(15)22/h3-9,11H,10,12H2,1-2H3. The molecule has 0 atom stereocenters. The first-order chi connectivity index (χ1) is 14.5. The minimum atomic E-state index is 0.292. The van der Waals surface area contributed by atoms with E-state index in [1.807, 2.05) is 66.4 Å². The van der Waals surface area contributed by atoms with Crippen molar-refractivity contribution < 1.29 is 4.74 Å². The van der Waals surface area contributed by atoms with E-state index >= 15 is 0 Å². The molecule has 0 aliphatic rings. The summed E-state index contributed by atoms with van der Waals surface area (Å²) in [5.41, 5.74) is 3.02. The van der Waals surface area contributed by atoms with Crippen LogP contribution in [0.15, 0.2) is 53.0 Å². The lowest BCUT2D eigenvalue weighted by molar-refractivity contribution is 0.290. The second-order valence-electron chi connectivity index (χ2n) is 6.59. The van der Waals surface area contributed by atoms with Crippen LogP contribution in [0.4, 0.5) is 0 Å². The van der Waals surface area contributed by atoms with Crippen molar-refractivity contribution in [2.45, 2.75) is 24.4 Å². The van der Waals surface area contributed by atoms with Crippen molar-refractivity contribution in [3.8, 4) is 16.3 Å². The normalized spacial score (nSPS) is 11.1. The van der Waals surface area contributed by atoms with Crippen LogP contribution in [-0.2, 0) is 19.4 Å². The molecule has 2 heterocycles. The molecule has 0 saturated heterocycles. The zero-order chi connectivity index (χ0) is 21.1. The van der Waals surface area contributed by atoms with Gasteiger partial charge in [0.2, 0.25) is 0 Å². The van der Waals surface area contributed by atoms with Crippen molar-refractivity contribution in [3.05, 3.63) is 75.0 Å². The van der Waals surface area contributed by atoms with Crippen molar-refractivity contribution in [1.29, 1.82) is 0 Å². The monoisotopic (exact) mass is 476 g/mol. The van der Waals surface area contributed by atoms with Crippen molar-refractivity contribution in [1.82, 2.24) is 19.7 Å². The second-order valence-corrected chi connectivity index (χ2v) is 9.21. The van der Waals surface area contributed by atoms with Crippen LogP contribution >= 0.6 is 46.3 Å². The minimum absolute atomic E-state index is 0.292. The number of thioether (sulfide) groups is 1. The predicted octanol–water partition coefficient (Wildman–Crippen LogP) is 6.43. The molecule has 0 aliphatic heterocycles. The number of benzene rings is 2. The van der Waals surface area contributed by atoms with Crippen LogP contribution in [0.2, 0.25) is 10.0 Å². The molecule has 0 radical (unpaired) electrons. The molecule has 5 nitrogen and oxygen atoms in total. The highest BCUT2D eigenvalue weighted by Crippen LogP contribution is 2.32. The number of nitrogens with zero attached hydrogens (tertiary/aromatic N) is 4. The van der Waals surface area contributed by atoms with Crippen LogP contribution in [0.1, 0.15) is 17.1 Å². The fraction of sp³-hybridized carbons (Fsp3) is 0.190. The molecule has 0 unspecified atom stereocenters. The van der Waals surface area contributed by atoms with Gasteiger partial charge in [-0.2, -0.15) is 0 Å². The SMILES string of the molecule is Cc1ccc(Cl)c(OCc2nnc(SCc3csc(-c4ccccc4Cl)n3)n2C)c1. The molecule has 0 fully saturated rings. The van der Waals surface area contributed by atoms with Crippen LogP contribution < -0.4 is 4.74 Å². The number of hydrogen-bond acceptors (Lipinski definition) is 6. The van der Waals surface area contributed by atoms with E-state index < -0.39 is 0 Å². The molecule has 4 aromatic rings. The van der Waals surface area contributed by atoms with Crippen molar-refractivity contribution >= 4 is 46.3 Å². The molecule has 0 bridgehead atoms. The summed E-state index contributed by atoms with van der Waals surface area (Å²) in [7, 11) is 1.93. The third-order valence-electron chi connectivity index (χ3n) is 4.37. The lowest BCUT2D eigenvalue weighted by Gasteiger charge is -2.08. The van der Waals surface area contributed by atoms with E-state index in [2.05, 4.69) is 10.2 Å². The van der Waals surface area contributed by atoms with Gasteiger partial charge in [-0.25, -0.2) is 4.98 Å². The van der Waals surface area contributed by atoms with Gasteiger partial charge in [-0.15, -0.1) is 21.5 Å². The van der Waals surface area contributed by atoms with Gasteiger partial charge in [0.25, 0.3) is 0 Å². The fourth-order valence-corrected chi connectivity index (χ4v) is 4.97. The highest BCUT2D eigenvalue weighted by Gasteiger charge is 2.13. The van der Waals surface area contributed by atoms with Gasteiger partial charge in [-0.3, -0.25) is 0 Å². The Bertz CT molecular complexity index is 1180. The fourth-order valence-electron chi connectivity index (χ4n) is 2.73. The van der Waals surface area contributed by atoms with Crippen LogP contribution in [0.3, 0.4) is 0 Å². The molecule has 0 saturated carbocycles. The third-order valence-corrected chi connectivity index (χ3v) is 6.99. The topological polar surface area (TPSA) is 52.8 Å². The molecule has 9 heteroatoms. The average molecular weight is 477 g/mol. The highest BCUT2D eigenvalue weighted by atomic mass is 35.5. The third kappa shape index (κ3) is 4.81. The van der Waals surface area contributed by atoms with Gasteiger partial charge in [-0.1, -0.05) is 59.2 Å². The zero-order valence-electron chi connectivity index (χ0n) is 16.3. The Morgan fingerprint density at radius 3 is 2.77 bits per heavy atom. The molecular weight excluding hydrogens is 459 g/mol. The summed E-state index contributed by atoms with van der Waals surface area (Å²) in [6.45, 7) is 2.29. The van der Waals surface area contributed by atoms with Gasteiger partial charge in [-0.05, 0) is 30.7 Å². The summed E-state index contributed by atoms with van der Waals surface area (Å²) < 4.78 is 7.76. The van der Waals surface area contributed by atoms with Crippen LogP contribution in [0.5, 0.6) is 5.75 Å². The maximum absolute atomic E-state index is 6.28. The highest BCUT2D eigenvalue weighted by molar-refractivity contribution is 7.98. The molecule has 30 heavy (non-hydrogen) atoms. The van der Waals surface area contributed by atoms with Gasteiger partial charge in [0.15, 0.2) is 11.0 Å². The van der Waals surface area contributed by atoms with Gasteiger partial charge < -0.3 is 9.30 Å². The summed E-state index contributed by atoms with van der Waals surface area (Å²) in [5, 5.41) is 13.6. The molecule has 2 aromatic heterocycles. The first kappa shape index (κ1) is 21.2. The summed E-state index contributed by atoms with van der Waals surface area (Å²) in [6.07, 6.45) is 0.